The quantitative estimate of drug-likeness (QED) is 0.478. The van der Waals surface area contributed by atoms with Gasteiger partial charge in [0.25, 0.3) is 0 Å². The molecule has 3 amide bonds. The number of likely N-dealkylation sites (N-methyl/N-ethyl adjacent to an activating group) is 1. The third-order valence-corrected chi connectivity index (χ3v) is 2.52. The number of amides is 3. The summed E-state index contributed by atoms with van der Waals surface area (Å²) < 4.78 is 0. The molecule has 0 heterocycles. The van der Waals surface area contributed by atoms with E-state index in [0.717, 1.165) is 0 Å². The fourth-order valence-electron chi connectivity index (χ4n) is 1.58. The van der Waals surface area contributed by atoms with Crippen molar-refractivity contribution in [3.63, 3.8) is 0 Å². The maximum atomic E-state index is 11.9. The van der Waals surface area contributed by atoms with Crippen LogP contribution in [0.1, 0.15) is 33.6 Å². The number of rotatable bonds is 8. The van der Waals surface area contributed by atoms with Crippen molar-refractivity contribution in [1.29, 1.82) is 0 Å². The number of hydrogen-bond donors (Lipinski definition) is 4. The van der Waals surface area contributed by atoms with E-state index in [4.69, 9.17) is 10.8 Å². The van der Waals surface area contributed by atoms with E-state index in [1.807, 2.05) is 0 Å². The van der Waals surface area contributed by atoms with Crippen molar-refractivity contribution < 1.29 is 24.6 Å². The Balaban J connectivity index is 4.64. The van der Waals surface area contributed by atoms with E-state index < -0.39 is 29.6 Å². The Bertz CT molecular complexity index is 365. The molecule has 0 aromatic rings. The second-order valence-corrected chi connectivity index (χ2v) is 5.17. The van der Waals surface area contributed by atoms with Crippen molar-refractivity contribution in [1.82, 2.24) is 10.2 Å². The lowest BCUT2D eigenvalue weighted by Crippen LogP contribution is -2.51. The lowest BCUT2D eigenvalue weighted by Gasteiger charge is -2.29. The number of aliphatic carboxylic acids is 1. The summed E-state index contributed by atoms with van der Waals surface area (Å²) in [5.74, 6) is -1.87. The standard InChI is InChI=1S/C12H23N3O5/c1-4-15(7-12(2,3)20)11(19)14-8(10(17)18)5-6-9(13)16/h8,20H,4-7H2,1-3H3,(H2,13,16)(H,14,19)(H,17,18). The number of nitrogens with two attached hydrogens (primary N) is 1. The van der Waals surface area contributed by atoms with Crippen molar-refractivity contribution in [3.8, 4) is 0 Å². The van der Waals surface area contributed by atoms with Crippen molar-refractivity contribution >= 4 is 17.9 Å². The number of carbonyl (C=O) groups is 3. The highest BCUT2D eigenvalue weighted by atomic mass is 16.4. The van der Waals surface area contributed by atoms with E-state index >= 15 is 0 Å². The van der Waals surface area contributed by atoms with Crippen LogP contribution in [-0.2, 0) is 9.59 Å². The number of primary amides is 1. The summed E-state index contributed by atoms with van der Waals surface area (Å²) >= 11 is 0. The summed E-state index contributed by atoms with van der Waals surface area (Å²) in [7, 11) is 0. The minimum Gasteiger partial charge on any atom is -0.480 e. The molecule has 0 aliphatic rings. The second kappa shape index (κ2) is 7.68. The number of carboxylic acid groups (broad SMARTS) is 1. The van der Waals surface area contributed by atoms with Crippen LogP contribution in [-0.4, -0.2) is 57.8 Å². The summed E-state index contributed by atoms with van der Waals surface area (Å²) in [6.45, 7) is 5.19. The first-order chi connectivity index (χ1) is 9.06. The first kappa shape index (κ1) is 18.2. The number of hydrogen-bond acceptors (Lipinski definition) is 4. The summed E-state index contributed by atoms with van der Waals surface area (Å²) in [5.41, 5.74) is 3.87. The molecular weight excluding hydrogens is 266 g/mol. The molecule has 116 valence electrons. The van der Waals surface area contributed by atoms with Crippen LogP contribution >= 0.6 is 0 Å². The second-order valence-electron chi connectivity index (χ2n) is 5.17. The maximum absolute atomic E-state index is 11.9. The molecule has 8 heteroatoms. The molecule has 0 aliphatic carbocycles. The normalized spacial score (nSPS) is 12.6. The third-order valence-electron chi connectivity index (χ3n) is 2.52. The van der Waals surface area contributed by atoms with E-state index in [0.29, 0.717) is 6.54 Å². The van der Waals surface area contributed by atoms with Crippen LogP contribution in [0.5, 0.6) is 0 Å². The van der Waals surface area contributed by atoms with Gasteiger partial charge in [-0.15, -0.1) is 0 Å². The Morgan fingerprint density at radius 2 is 1.90 bits per heavy atom. The molecule has 0 aliphatic heterocycles. The van der Waals surface area contributed by atoms with Gasteiger partial charge in [0, 0.05) is 13.0 Å². The molecule has 8 nitrogen and oxygen atoms in total. The van der Waals surface area contributed by atoms with Crippen molar-refractivity contribution in [2.24, 2.45) is 5.73 Å². The van der Waals surface area contributed by atoms with E-state index in [1.165, 1.54) is 4.90 Å². The monoisotopic (exact) mass is 289 g/mol. The Labute approximate surface area is 117 Å². The topological polar surface area (TPSA) is 133 Å². The summed E-state index contributed by atoms with van der Waals surface area (Å²) in [5, 5.41) is 21.0. The largest absolute Gasteiger partial charge is 0.480 e. The van der Waals surface area contributed by atoms with Crippen LogP contribution in [0.25, 0.3) is 0 Å². The molecule has 0 fully saturated rings. The zero-order chi connectivity index (χ0) is 15.9. The van der Waals surface area contributed by atoms with Gasteiger partial charge in [-0.1, -0.05) is 0 Å². The molecular formula is C12H23N3O5. The fraction of sp³-hybridized carbons (Fsp3) is 0.750. The van der Waals surface area contributed by atoms with Crippen molar-refractivity contribution in [2.75, 3.05) is 13.1 Å². The van der Waals surface area contributed by atoms with E-state index in [1.54, 1.807) is 20.8 Å². The van der Waals surface area contributed by atoms with Crippen LogP contribution in [0.3, 0.4) is 0 Å². The predicted octanol–water partition coefficient (Wildman–Crippen LogP) is -0.492. The van der Waals surface area contributed by atoms with Crippen LogP contribution in [0.2, 0.25) is 0 Å². The molecule has 5 N–H and O–H groups in total. The van der Waals surface area contributed by atoms with Gasteiger partial charge in [-0.05, 0) is 27.2 Å². The van der Waals surface area contributed by atoms with Gasteiger partial charge in [-0.25, -0.2) is 9.59 Å². The van der Waals surface area contributed by atoms with Crippen LogP contribution in [0, 0.1) is 0 Å². The van der Waals surface area contributed by atoms with Crippen LogP contribution in [0.4, 0.5) is 4.79 Å². The molecule has 0 aromatic heterocycles. The first-order valence-corrected chi connectivity index (χ1v) is 6.35. The Hall–Kier alpha value is -1.83. The highest BCUT2D eigenvalue weighted by molar-refractivity contribution is 5.83. The van der Waals surface area contributed by atoms with Gasteiger partial charge >= 0.3 is 12.0 Å². The minimum absolute atomic E-state index is 0.0670. The average Bonchev–Trinajstić information content (AvgIpc) is 2.29. The summed E-state index contributed by atoms with van der Waals surface area (Å²) in [4.78, 5) is 34.9. The lowest BCUT2D eigenvalue weighted by atomic mass is 10.1. The SMILES string of the molecule is CCN(CC(C)(C)O)C(=O)NC(CCC(N)=O)C(=O)O. The number of carboxylic acids is 1. The molecule has 0 aromatic carbocycles. The summed E-state index contributed by atoms with van der Waals surface area (Å²) in [6, 6.07) is -1.79. The highest BCUT2D eigenvalue weighted by Gasteiger charge is 2.26. The van der Waals surface area contributed by atoms with E-state index in [-0.39, 0.29) is 19.4 Å². The summed E-state index contributed by atoms with van der Waals surface area (Å²) in [6.07, 6.45) is -0.203. The van der Waals surface area contributed by atoms with Crippen LogP contribution in [0.15, 0.2) is 0 Å². The molecule has 0 rings (SSSR count). The predicted molar refractivity (Wildman–Crippen MR) is 71.9 cm³/mol. The minimum atomic E-state index is -1.24. The van der Waals surface area contributed by atoms with Gasteiger partial charge in [0.2, 0.25) is 5.91 Å². The molecule has 0 saturated heterocycles. The van der Waals surface area contributed by atoms with Crippen molar-refractivity contribution in [3.05, 3.63) is 0 Å². The van der Waals surface area contributed by atoms with Crippen LogP contribution < -0.4 is 11.1 Å². The Morgan fingerprint density at radius 3 is 2.25 bits per heavy atom. The van der Waals surface area contributed by atoms with Crippen molar-refractivity contribution in [2.45, 2.75) is 45.3 Å². The first-order valence-electron chi connectivity index (χ1n) is 6.35. The highest BCUT2D eigenvalue weighted by Crippen LogP contribution is 2.06. The number of aliphatic hydroxyl groups is 1. The molecule has 0 spiro atoms. The number of nitrogens with one attached hydrogen (secondary N) is 1. The number of urea groups is 1. The van der Waals surface area contributed by atoms with E-state index in [9.17, 15) is 19.5 Å². The van der Waals surface area contributed by atoms with Gasteiger partial charge < -0.3 is 26.2 Å². The zero-order valence-electron chi connectivity index (χ0n) is 12.0. The Morgan fingerprint density at radius 1 is 1.35 bits per heavy atom. The van der Waals surface area contributed by atoms with E-state index in [2.05, 4.69) is 5.32 Å². The number of nitrogens with zero attached hydrogens (tertiary/aromatic N) is 1. The molecule has 0 saturated carbocycles. The average molecular weight is 289 g/mol. The van der Waals surface area contributed by atoms with Gasteiger partial charge in [-0.2, -0.15) is 0 Å². The smallest absolute Gasteiger partial charge is 0.326 e. The molecule has 1 unspecified atom stereocenters. The molecule has 20 heavy (non-hydrogen) atoms. The third kappa shape index (κ3) is 7.57. The lowest BCUT2D eigenvalue weighted by molar-refractivity contribution is -0.139. The fourth-order valence-corrected chi connectivity index (χ4v) is 1.58. The molecule has 0 bridgehead atoms. The maximum Gasteiger partial charge on any atom is 0.326 e. The zero-order valence-corrected chi connectivity index (χ0v) is 12.0. The van der Waals surface area contributed by atoms with Gasteiger partial charge in [0.1, 0.15) is 6.04 Å². The molecule has 0 radical (unpaired) electrons. The number of carbonyl (C=O) groups excluding carboxylic acids is 2. The van der Waals surface area contributed by atoms with Gasteiger partial charge in [0.05, 0.1) is 12.1 Å². The van der Waals surface area contributed by atoms with Gasteiger partial charge in [0.15, 0.2) is 0 Å². The molecule has 1 atom stereocenters. The Kier molecular flexibility index (Phi) is 6.98. The van der Waals surface area contributed by atoms with Gasteiger partial charge in [-0.3, -0.25) is 4.79 Å².